The summed E-state index contributed by atoms with van der Waals surface area (Å²) in [4.78, 5) is 10.6. The van der Waals surface area contributed by atoms with Crippen LogP contribution in [-0.4, -0.2) is 11.8 Å². The van der Waals surface area contributed by atoms with E-state index in [-0.39, 0.29) is 23.3 Å². The zero-order valence-electron chi connectivity index (χ0n) is 10.8. The van der Waals surface area contributed by atoms with Gasteiger partial charge in [0.2, 0.25) is 0 Å². The number of aldehydes is 1. The fourth-order valence-electron chi connectivity index (χ4n) is 1.60. The quantitative estimate of drug-likeness (QED) is 0.592. The van der Waals surface area contributed by atoms with Gasteiger partial charge in [0, 0.05) is 10.5 Å². The third kappa shape index (κ3) is 5.15. The number of thioether (sulfide) groups is 1. The van der Waals surface area contributed by atoms with Crippen LogP contribution in [0.15, 0.2) is 53.4 Å². The number of hydrogen-bond acceptors (Lipinski definition) is 3. The van der Waals surface area contributed by atoms with Gasteiger partial charge in [0.25, 0.3) is 0 Å². The van der Waals surface area contributed by atoms with Crippen molar-refractivity contribution in [3.05, 3.63) is 59.7 Å². The van der Waals surface area contributed by atoms with E-state index in [1.807, 2.05) is 0 Å². The van der Waals surface area contributed by atoms with Gasteiger partial charge in [-0.2, -0.15) is 13.2 Å². The highest BCUT2D eigenvalue weighted by Crippen LogP contribution is 2.36. The van der Waals surface area contributed by atoms with Gasteiger partial charge >= 0.3 is 5.51 Å². The van der Waals surface area contributed by atoms with Gasteiger partial charge in [0.15, 0.2) is 0 Å². The van der Waals surface area contributed by atoms with Gasteiger partial charge in [0.05, 0.1) is 0 Å². The molecule has 110 valence electrons. The van der Waals surface area contributed by atoms with Crippen LogP contribution in [0, 0.1) is 0 Å². The first kappa shape index (κ1) is 15.4. The molecule has 0 bridgehead atoms. The average Bonchev–Trinajstić information content (AvgIpc) is 2.45. The maximum absolute atomic E-state index is 12.2. The van der Waals surface area contributed by atoms with Crippen molar-refractivity contribution in [2.45, 2.75) is 17.0 Å². The van der Waals surface area contributed by atoms with Crippen LogP contribution in [0.1, 0.15) is 15.9 Å². The van der Waals surface area contributed by atoms with Crippen LogP contribution in [0.2, 0.25) is 0 Å². The molecular weight excluding hydrogens is 301 g/mol. The minimum atomic E-state index is -4.28. The van der Waals surface area contributed by atoms with Crippen molar-refractivity contribution < 1.29 is 22.7 Å². The highest BCUT2D eigenvalue weighted by molar-refractivity contribution is 8.00. The summed E-state index contributed by atoms with van der Waals surface area (Å²) >= 11 is -0.146. The molecule has 0 spiro atoms. The minimum absolute atomic E-state index is 0.140. The lowest BCUT2D eigenvalue weighted by molar-refractivity contribution is -0.0328. The van der Waals surface area contributed by atoms with Crippen LogP contribution in [-0.2, 0) is 6.61 Å². The molecule has 2 nitrogen and oxygen atoms in total. The Labute approximate surface area is 123 Å². The third-order valence-corrected chi connectivity index (χ3v) is 3.32. The van der Waals surface area contributed by atoms with E-state index in [2.05, 4.69) is 0 Å². The Hall–Kier alpha value is -1.95. The number of carbonyl (C=O) groups excluding carboxylic acids is 1. The topological polar surface area (TPSA) is 26.3 Å². The lowest BCUT2D eigenvalue weighted by Crippen LogP contribution is -1.99. The van der Waals surface area contributed by atoms with E-state index in [9.17, 15) is 18.0 Å². The van der Waals surface area contributed by atoms with Crippen molar-refractivity contribution in [3.63, 3.8) is 0 Å². The minimum Gasteiger partial charge on any atom is -0.489 e. The molecule has 0 N–H and O–H groups in total. The van der Waals surface area contributed by atoms with Crippen LogP contribution in [0.5, 0.6) is 5.75 Å². The molecule has 2 aromatic carbocycles. The largest absolute Gasteiger partial charge is 0.489 e. The SMILES string of the molecule is O=Cc1ccc(OCc2ccc(SC(F)(F)F)cc2)cc1. The van der Waals surface area contributed by atoms with Gasteiger partial charge in [-0.05, 0) is 53.7 Å². The molecule has 6 heteroatoms. The first-order valence-electron chi connectivity index (χ1n) is 5.99. The van der Waals surface area contributed by atoms with E-state index >= 15 is 0 Å². The highest BCUT2D eigenvalue weighted by atomic mass is 32.2. The van der Waals surface area contributed by atoms with Gasteiger partial charge in [-0.25, -0.2) is 0 Å². The number of alkyl halides is 3. The lowest BCUT2D eigenvalue weighted by atomic mass is 10.2. The Kier molecular flexibility index (Phi) is 4.90. The lowest BCUT2D eigenvalue weighted by Gasteiger charge is -2.08. The molecule has 0 amide bonds. The second kappa shape index (κ2) is 6.67. The number of benzene rings is 2. The van der Waals surface area contributed by atoms with E-state index in [0.717, 1.165) is 11.8 Å². The summed E-state index contributed by atoms with van der Waals surface area (Å²) in [5.74, 6) is 0.592. The summed E-state index contributed by atoms with van der Waals surface area (Å²) in [6.07, 6.45) is 0.737. The molecule has 0 fully saturated rings. The van der Waals surface area contributed by atoms with Crippen molar-refractivity contribution in [1.29, 1.82) is 0 Å². The first-order valence-corrected chi connectivity index (χ1v) is 6.81. The zero-order valence-corrected chi connectivity index (χ0v) is 11.6. The number of hydrogen-bond donors (Lipinski definition) is 0. The number of ether oxygens (including phenoxy) is 1. The summed E-state index contributed by atoms with van der Waals surface area (Å²) in [6.45, 7) is 0.247. The molecule has 0 saturated heterocycles. The fourth-order valence-corrected chi connectivity index (χ4v) is 2.14. The zero-order chi connectivity index (χ0) is 15.3. The molecule has 0 aliphatic carbocycles. The summed E-state index contributed by atoms with van der Waals surface area (Å²) in [6, 6.07) is 12.6. The summed E-state index contributed by atoms with van der Waals surface area (Å²) in [7, 11) is 0. The maximum Gasteiger partial charge on any atom is 0.446 e. The standard InChI is InChI=1S/C15H11F3O2S/c16-15(17,18)21-14-7-3-12(4-8-14)10-20-13-5-1-11(9-19)2-6-13/h1-9H,10H2. The number of rotatable bonds is 5. The Bertz CT molecular complexity index is 592. The normalized spacial score (nSPS) is 11.2. The van der Waals surface area contributed by atoms with Crippen LogP contribution < -0.4 is 4.74 Å². The van der Waals surface area contributed by atoms with Crippen LogP contribution in [0.25, 0.3) is 0 Å². The summed E-state index contributed by atoms with van der Waals surface area (Å²) < 4.78 is 42.0. The molecule has 2 rings (SSSR count). The van der Waals surface area contributed by atoms with Gasteiger partial charge < -0.3 is 4.74 Å². The van der Waals surface area contributed by atoms with Crippen molar-refractivity contribution in [2.75, 3.05) is 0 Å². The Morgan fingerprint density at radius 2 is 1.62 bits per heavy atom. The van der Waals surface area contributed by atoms with Crippen molar-refractivity contribution in [3.8, 4) is 5.75 Å². The molecule has 0 radical (unpaired) electrons. The Morgan fingerprint density at radius 3 is 2.14 bits per heavy atom. The van der Waals surface area contributed by atoms with Gasteiger partial charge in [-0.3, -0.25) is 4.79 Å². The predicted molar refractivity (Wildman–Crippen MR) is 74.5 cm³/mol. The summed E-state index contributed by atoms with van der Waals surface area (Å²) in [5, 5.41) is 0. The second-order valence-electron chi connectivity index (χ2n) is 4.17. The van der Waals surface area contributed by atoms with E-state index < -0.39 is 5.51 Å². The van der Waals surface area contributed by atoms with Gasteiger partial charge in [-0.15, -0.1) is 0 Å². The monoisotopic (exact) mass is 312 g/mol. The molecule has 0 aromatic heterocycles. The molecule has 0 aliphatic rings. The third-order valence-electron chi connectivity index (χ3n) is 2.58. The fraction of sp³-hybridized carbons (Fsp3) is 0.133. The van der Waals surface area contributed by atoms with Crippen molar-refractivity contribution >= 4 is 18.0 Å². The Balaban J connectivity index is 1.92. The van der Waals surface area contributed by atoms with Crippen LogP contribution in [0.4, 0.5) is 13.2 Å². The number of carbonyl (C=O) groups is 1. The molecule has 0 atom stereocenters. The smallest absolute Gasteiger partial charge is 0.446 e. The Morgan fingerprint density at radius 1 is 1.00 bits per heavy atom. The van der Waals surface area contributed by atoms with Gasteiger partial charge in [0.1, 0.15) is 18.6 Å². The molecule has 0 saturated carbocycles. The number of halogens is 3. The predicted octanol–water partition coefficient (Wildman–Crippen LogP) is 4.69. The summed E-state index contributed by atoms with van der Waals surface area (Å²) in [5.41, 5.74) is -2.96. The van der Waals surface area contributed by atoms with Crippen molar-refractivity contribution in [2.24, 2.45) is 0 Å². The highest BCUT2D eigenvalue weighted by Gasteiger charge is 2.28. The molecule has 0 unspecified atom stereocenters. The van der Waals surface area contributed by atoms with E-state index in [1.54, 1.807) is 36.4 Å². The maximum atomic E-state index is 12.2. The average molecular weight is 312 g/mol. The molecule has 2 aromatic rings. The van der Waals surface area contributed by atoms with E-state index in [4.69, 9.17) is 4.74 Å². The molecule has 21 heavy (non-hydrogen) atoms. The van der Waals surface area contributed by atoms with E-state index in [0.29, 0.717) is 11.3 Å². The van der Waals surface area contributed by atoms with E-state index in [1.165, 1.54) is 12.1 Å². The molecule has 0 heterocycles. The molecule has 0 aliphatic heterocycles. The first-order chi connectivity index (χ1) is 9.96. The van der Waals surface area contributed by atoms with Crippen LogP contribution >= 0.6 is 11.8 Å². The molecular formula is C15H11F3O2S. The second-order valence-corrected chi connectivity index (χ2v) is 5.31. The van der Waals surface area contributed by atoms with Crippen LogP contribution in [0.3, 0.4) is 0 Å². The van der Waals surface area contributed by atoms with Gasteiger partial charge in [-0.1, -0.05) is 12.1 Å². The van der Waals surface area contributed by atoms with Crippen molar-refractivity contribution in [1.82, 2.24) is 0 Å².